The highest BCUT2D eigenvalue weighted by Gasteiger charge is 2.07. The molecule has 1 unspecified atom stereocenters. The number of nitrogens with two attached hydrogens (primary N) is 1. The molecule has 0 bridgehead atoms. The molecule has 1 aromatic rings. The van der Waals surface area contributed by atoms with E-state index < -0.39 is 0 Å². The standard InChI is InChI=1S/C12H14FN/c1-3-4-5-12(14)11-7-6-10(13)8-9(11)2/h6-8,12H,5,14H2,1-2H3. The van der Waals surface area contributed by atoms with Crippen molar-refractivity contribution in [1.82, 2.24) is 0 Å². The molecule has 74 valence electrons. The quantitative estimate of drug-likeness (QED) is 0.714. The van der Waals surface area contributed by atoms with E-state index in [2.05, 4.69) is 11.8 Å². The van der Waals surface area contributed by atoms with Crippen molar-refractivity contribution in [2.45, 2.75) is 26.3 Å². The van der Waals surface area contributed by atoms with Crippen LogP contribution < -0.4 is 5.73 Å². The minimum absolute atomic E-state index is 0.122. The molecule has 1 aromatic carbocycles. The molecule has 0 aromatic heterocycles. The van der Waals surface area contributed by atoms with Gasteiger partial charge in [-0.15, -0.1) is 11.8 Å². The highest BCUT2D eigenvalue weighted by atomic mass is 19.1. The van der Waals surface area contributed by atoms with Crippen LogP contribution in [0.25, 0.3) is 0 Å². The number of hydrogen-bond acceptors (Lipinski definition) is 1. The zero-order chi connectivity index (χ0) is 10.6. The summed E-state index contributed by atoms with van der Waals surface area (Å²) in [5.41, 5.74) is 7.76. The van der Waals surface area contributed by atoms with Gasteiger partial charge in [0.05, 0.1) is 0 Å². The Morgan fingerprint density at radius 3 is 2.79 bits per heavy atom. The van der Waals surface area contributed by atoms with Crippen LogP contribution in [0.5, 0.6) is 0 Å². The van der Waals surface area contributed by atoms with Crippen LogP contribution in [0.3, 0.4) is 0 Å². The van der Waals surface area contributed by atoms with Crippen molar-refractivity contribution >= 4 is 0 Å². The molecule has 0 saturated heterocycles. The van der Waals surface area contributed by atoms with E-state index in [1.54, 1.807) is 13.0 Å². The molecule has 2 N–H and O–H groups in total. The lowest BCUT2D eigenvalue weighted by Gasteiger charge is -2.11. The summed E-state index contributed by atoms with van der Waals surface area (Å²) in [6.45, 7) is 3.64. The fourth-order valence-corrected chi connectivity index (χ4v) is 1.38. The number of halogens is 1. The van der Waals surface area contributed by atoms with E-state index in [0.29, 0.717) is 6.42 Å². The molecule has 0 aliphatic rings. The first kappa shape index (κ1) is 10.7. The second-order valence-corrected chi connectivity index (χ2v) is 3.24. The Balaban J connectivity index is 2.88. The molecular weight excluding hydrogens is 177 g/mol. The monoisotopic (exact) mass is 191 g/mol. The van der Waals surface area contributed by atoms with Gasteiger partial charge in [0.2, 0.25) is 0 Å². The maximum atomic E-state index is 12.8. The topological polar surface area (TPSA) is 26.0 Å². The van der Waals surface area contributed by atoms with Gasteiger partial charge < -0.3 is 5.73 Å². The van der Waals surface area contributed by atoms with Crippen molar-refractivity contribution in [3.63, 3.8) is 0 Å². The van der Waals surface area contributed by atoms with Gasteiger partial charge in [-0.2, -0.15) is 0 Å². The maximum Gasteiger partial charge on any atom is 0.123 e. The van der Waals surface area contributed by atoms with Crippen LogP contribution in [0.15, 0.2) is 18.2 Å². The Morgan fingerprint density at radius 1 is 1.50 bits per heavy atom. The van der Waals surface area contributed by atoms with Crippen LogP contribution in [0, 0.1) is 24.6 Å². The van der Waals surface area contributed by atoms with Gasteiger partial charge in [-0.1, -0.05) is 6.07 Å². The zero-order valence-electron chi connectivity index (χ0n) is 8.47. The molecule has 1 rings (SSSR count). The number of hydrogen-bond donors (Lipinski definition) is 1. The van der Waals surface area contributed by atoms with E-state index in [9.17, 15) is 4.39 Å². The van der Waals surface area contributed by atoms with Gasteiger partial charge in [0.1, 0.15) is 5.82 Å². The molecule has 2 heteroatoms. The highest BCUT2D eigenvalue weighted by Crippen LogP contribution is 2.18. The van der Waals surface area contributed by atoms with Crippen molar-refractivity contribution in [2.24, 2.45) is 5.73 Å². The maximum absolute atomic E-state index is 12.8. The lowest BCUT2D eigenvalue weighted by atomic mass is 10.00. The van der Waals surface area contributed by atoms with E-state index in [0.717, 1.165) is 11.1 Å². The fourth-order valence-electron chi connectivity index (χ4n) is 1.38. The van der Waals surface area contributed by atoms with Gasteiger partial charge in [-0.25, -0.2) is 4.39 Å². The van der Waals surface area contributed by atoms with Crippen LogP contribution in [-0.2, 0) is 0 Å². The fraction of sp³-hybridized carbons (Fsp3) is 0.333. The van der Waals surface area contributed by atoms with E-state index in [-0.39, 0.29) is 11.9 Å². The molecule has 1 nitrogen and oxygen atoms in total. The normalized spacial score (nSPS) is 11.7. The van der Waals surface area contributed by atoms with Gasteiger partial charge in [-0.3, -0.25) is 0 Å². The second kappa shape index (κ2) is 4.78. The Labute approximate surface area is 84.1 Å². The van der Waals surface area contributed by atoms with Gasteiger partial charge in [-0.05, 0) is 37.1 Å². The summed E-state index contributed by atoms with van der Waals surface area (Å²) in [5.74, 6) is 5.49. The van der Waals surface area contributed by atoms with Crippen LogP contribution in [0.1, 0.15) is 30.5 Å². The molecule has 14 heavy (non-hydrogen) atoms. The molecule has 0 aliphatic carbocycles. The molecule has 0 aliphatic heterocycles. The zero-order valence-corrected chi connectivity index (χ0v) is 8.47. The van der Waals surface area contributed by atoms with Crippen molar-refractivity contribution in [2.75, 3.05) is 0 Å². The predicted octanol–water partition coefficient (Wildman–Crippen LogP) is 2.55. The number of rotatable bonds is 2. The first-order chi connectivity index (χ1) is 6.65. The van der Waals surface area contributed by atoms with Crippen LogP contribution >= 0.6 is 0 Å². The van der Waals surface area contributed by atoms with E-state index in [1.165, 1.54) is 12.1 Å². The largest absolute Gasteiger partial charge is 0.323 e. The smallest absolute Gasteiger partial charge is 0.123 e. The first-order valence-electron chi connectivity index (χ1n) is 4.56. The average molecular weight is 191 g/mol. The summed E-state index contributed by atoms with van der Waals surface area (Å²) in [6.07, 6.45) is 0.614. The van der Waals surface area contributed by atoms with Gasteiger partial charge in [0.15, 0.2) is 0 Å². The minimum atomic E-state index is -0.222. The van der Waals surface area contributed by atoms with Gasteiger partial charge >= 0.3 is 0 Å². The first-order valence-corrected chi connectivity index (χ1v) is 4.56. The molecule has 1 atom stereocenters. The summed E-state index contributed by atoms with van der Waals surface area (Å²) < 4.78 is 12.8. The summed E-state index contributed by atoms with van der Waals surface area (Å²) in [5, 5.41) is 0. The molecule has 0 spiro atoms. The van der Waals surface area contributed by atoms with Crippen molar-refractivity contribution in [1.29, 1.82) is 0 Å². The average Bonchev–Trinajstić information content (AvgIpc) is 2.14. The summed E-state index contributed by atoms with van der Waals surface area (Å²) in [7, 11) is 0. The number of aryl methyl sites for hydroxylation is 1. The van der Waals surface area contributed by atoms with Crippen molar-refractivity contribution in [3.8, 4) is 11.8 Å². The molecular formula is C12H14FN. The summed E-state index contributed by atoms with van der Waals surface area (Å²) in [6, 6.07) is 4.53. The highest BCUT2D eigenvalue weighted by molar-refractivity contribution is 5.30. The second-order valence-electron chi connectivity index (χ2n) is 3.24. The predicted molar refractivity (Wildman–Crippen MR) is 56.1 cm³/mol. The third-order valence-electron chi connectivity index (χ3n) is 2.13. The summed E-state index contributed by atoms with van der Waals surface area (Å²) >= 11 is 0. The lowest BCUT2D eigenvalue weighted by Crippen LogP contribution is -2.10. The Hall–Kier alpha value is -1.33. The third-order valence-corrected chi connectivity index (χ3v) is 2.13. The van der Waals surface area contributed by atoms with Crippen molar-refractivity contribution < 1.29 is 4.39 Å². The lowest BCUT2D eigenvalue weighted by molar-refractivity contribution is 0.623. The van der Waals surface area contributed by atoms with E-state index in [1.807, 2.05) is 6.92 Å². The number of benzene rings is 1. The van der Waals surface area contributed by atoms with Crippen LogP contribution in [0.2, 0.25) is 0 Å². The molecule has 0 heterocycles. The molecule has 0 saturated carbocycles. The van der Waals surface area contributed by atoms with E-state index >= 15 is 0 Å². The van der Waals surface area contributed by atoms with Crippen LogP contribution in [0.4, 0.5) is 4.39 Å². The Kier molecular flexibility index (Phi) is 3.67. The SMILES string of the molecule is CC#CCC(N)c1ccc(F)cc1C. The molecule has 0 fully saturated rings. The Bertz CT molecular complexity index is 374. The van der Waals surface area contributed by atoms with Crippen molar-refractivity contribution in [3.05, 3.63) is 35.1 Å². The third kappa shape index (κ3) is 2.58. The van der Waals surface area contributed by atoms with Gasteiger partial charge in [0, 0.05) is 12.5 Å². The molecule has 0 amide bonds. The summed E-state index contributed by atoms with van der Waals surface area (Å²) in [4.78, 5) is 0. The van der Waals surface area contributed by atoms with Gasteiger partial charge in [0.25, 0.3) is 0 Å². The van der Waals surface area contributed by atoms with Crippen LogP contribution in [-0.4, -0.2) is 0 Å². The minimum Gasteiger partial charge on any atom is -0.323 e. The Morgan fingerprint density at radius 2 is 2.21 bits per heavy atom. The molecule has 0 radical (unpaired) electrons. The van der Waals surface area contributed by atoms with E-state index in [4.69, 9.17) is 5.73 Å².